The van der Waals surface area contributed by atoms with Crippen molar-refractivity contribution in [3.63, 3.8) is 0 Å². The maximum atomic E-state index is 6.88. The Morgan fingerprint density at radius 2 is 1.20 bits per heavy atom. The fourth-order valence-corrected chi connectivity index (χ4v) is 10.6. The van der Waals surface area contributed by atoms with Gasteiger partial charge in [-0.15, -0.1) is 35.2 Å². The van der Waals surface area contributed by atoms with Gasteiger partial charge in [0.25, 0.3) is 0 Å². The zero-order chi connectivity index (χ0) is 41.6. The monoisotopic (exact) mass is 1000 g/mol. The number of fused-ring (bicyclic) bond motifs is 11. The number of anilines is 3. The molecular formula is C58H37N4OPt-3. The van der Waals surface area contributed by atoms with Crippen LogP contribution in [0.2, 0.25) is 0 Å². The van der Waals surface area contributed by atoms with E-state index in [1.165, 1.54) is 50.1 Å². The van der Waals surface area contributed by atoms with E-state index >= 15 is 0 Å². The molecule has 6 heteroatoms. The SMILES string of the molecule is CN1[CH-]N2c3[c-]c(Oc4[c-]c5c(cc4)c4ccccc4n5-c4ccccn4)ccc3C3(c4cccc1c42)c1c(cccc1-c1ccccc1)C=Cc1cccc(-c2ccccc2)c13.[Pt]. The number of hydrogen-bond acceptors (Lipinski definition) is 4. The molecule has 4 heterocycles. The van der Waals surface area contributed by atoms with E-state index < -0.39 is 5.41 Å². The summed E-state index contributed by atoms with van der Waals surface area (Å²) in [7, 11) is 2.13. The molecule has 10 aromatic rings. The van der Waals surface area contributed by atoms with Gasteiger partial charge in [-0.1, -0.05) is 157 Å². The first-order valence-electron chi connectivity index (χ1n) is 21.3. The summed E-state index contributed by atoms with van der Waals surface area (Å²) in [5.41, 5.74) is 16.2. The maximum absolute atomic E-state index is 6.88. The van der Waals surface area contributed by atoms with Crippen LogP contribution in [-0.4, -0.2) is 16.6 Å². The minimum Gasteiger partial charge on any atom is -0.509 e. The first-order chi connectivity index (χ1) is 31.2. The molecule has 0 radical (unpaired) electrons. The molecule has 0 fully saturated rings. The molecule has 0 unspecified atom stereocenters. The summed E-state index contributed by atoms with van der Waals surface area (Å²) >= 11 is 0. The Balaban J connectivity index is 0.00000433. The molecule has 308 valence electrons. The molecule has 2 aromatic heterocycles. The molecule has 64 heavy (non-hydrogen) atoms. The first-order valence-corrected chi connectivity index (χ1v) is 21.3. The quantitative estimate of drug-likeness (QED) is 0.161. The summed E-state index contributed by atoms with van der Waals surface area (Å²) < 4.78 is 9.04. The molecule has 0 bridgehead atoms. The fourth-order valence-electron chi connectivity index (χ4n) is 10.6. The Bertz CT molecular complexity index is 3400. The van der Waals surface area contributed by atoms with E-state index in [1.807, 2.05) is 30.5 Å². The van der Waals surface area contributed by atoms with Crippen molar-refractivity contribution in [2.75, 3.05) is 16.8 Å². The Hall–Kier alpha value is -7.46. The van der Waals surface area contributed by atoms with Crippen molar-refractivity contribution in [1.82, 2.24) is 9.55 Å². The van der Waals surface area contributed by atoms with E-state index in [-0.39, 0.29) is 21.1 Å². The summed E-state index contributed by atoms with van der Waals surface area (Å²) in [5.74, 6) is 2.03. The van der Waals surface area contributed by atoms with Gasteiger partial charge in [-0.05, 0) is 86.8 Å². The van der Waals surface area contributed by atoms with Crippen LogP contribution in [0.15, 0.2) is 188 Å². The number of rotatable bonds is 5. The zero-order valence-electron chi connectivity index (χ0n) is 34.6. The predicted molar refractivity (Wildman–Crippen MR) is 256 cm³/mol. The average Bonchev–Trinajstić information content (AvgIpc) is 3.81. The summed E-state index contributed by atoms with van der Waals surface area (Å²) in [4.78, 5) is 9.28. The molecular weight excluding hydrogens is 964 g/mol. The van der Waals surface area contributed by atoms with Gasteiger partial charge in [0.1, 0.15) is 5.82 Å². The van der Waals surface area contributed by atoms with Gasteiger partial charge in [0.05, 0.1) is 0 Å². The van der Waals surface area contributed by atoms with E-state index in [0.717, 1.165) is 50.2 Å². The van der Waals surface area contributed by atoms with E-state index in [2.05, 4.69) is 210 Å². The van der Waals surface area contributed by atoms with Crippen LogP contribution in [0.5, 0.6) is 11.5 Å². The van der Waals surface area contributed by atoms with Crippen LogP contribution >= 0.6 is 0 Å². The molecule has 0 amide bonds. The molecule has 3 aliphatic rings. The largest absolute Gasteiger partial charge is 0.509 e. The van der Waals surface area contributed by atoms with E-state index in [9.17, 15) is 0 Å². The Morgan fingerprint density at radius 3 is 1.91 bits per heavy atom. The summed E-state index contributed by atoms with van der Waals surface area (Å²) in [6.07, 6.45) is 6.46. The summed E-state index contributed by atoms with van der Waals surface area (Å²) in [5, 5.41) is 2.22. The number of benzene rings is 8. The number of nitrogens with zero attached hydrogens (tertiary/aromatic N) is 4. The molecule has 0 saturated carbocycles. The number of hydrogen-bond donors (Lipinski definition) is 0. The van der Waals surface area contributed by atoms with Gasteiger partial charge in [-0.3, -0.25) is 0 Å². The molecule has 5 nitrogen and oxygen atoms in total. The van der Waals surface area contributed by atoms with Crippen molar-refractivity contribution in [3.05, 3.63) is 240 Å². The van der Waals surface area contributed by atoms with Crippen molar-refractivity contribution < 1.29 is 25.8 Å². The molecule has 2 aliphatic heterocycles. The molecule has 8 aromatic carbocycles. The third kappa shape index (κ3) is 5.50. The topological polar surface area (TPSA) is 33.5 Å². The van der Waals surface area contributed by atoms with E-state index in [1.54, 1.807) is 0 Å². The van der Waals surface area contributed by atoms with E-state index in [4.69, 9.17) is 9.72 Å². The second kappa shape index (κ2) is 14.8. The van der Waals surface area contributed by atoms with Crippen molar-refractivity contribution in [2.24, 2.45) is 0 Å². The second-order valence-corrected chi connectivity index (χ2v) is 16.4. The molecule has 1 aliphatic carbocycles. The van der Waals surface area contributed by atoms with Crippen molar-refractivity contribution in [3.8, 4) is 39.6 Å². The van der Waals surface area contributed by atoms with Crippen molar-refractivity contribution >= 4 is 51.0 Å². The van der Waals surface area contributed by atoms with Gasteiger partial charge >= 0.3 is 0 Å². The Labute approximate surface area is 386 Å². The molecule has 1 spiro atoms. The van der Waals surface area contributed by atoms with Gasteiger partial charge in [0, 0.05) is 61.1 Å². The molecule has 0 saturated heterocycles. The molecule has 13 rings (SSSR count). The number of ether oxygens (including phenoxy) is 1. The first kappa shape index (κ1) is 38.2. The van der Waals surface area contributed by atoms with Crippen LogP contribution < -0.4 is 14.5 Å². The minimum absolute atomic E-state index is 0. The number of aromatic nitrogens is 2. The number of pyridine rings is 1. The average molecular weight is 1000 g/mol. The standard InChI is InChI=1S/C58H37N4O.Pt/c1-60-37-61-53-36-43(63-42-30-32-47-46-21-8-9-25-50(46)62(52(47)35-42)54-27-10-11-34-59-54)31-33-48(53)58(49-24-14-26-51(60)57(49)61)55-40(19-12-22-44(55)38-15-4-2-5-16-38)28-29-41-20-13-23-45(56(41)58)39-17-6-3-7-18-39;/h2-34,37H,1H3;/q-3;. The van der Waals surface area contributed by atoms with Crippen LogP contribution in [0, 0.1) is 18.8 Å². The summed E-state index contributed by atoms with van der Waals surface area (Å²) in [6.45, 7) is 2.19. The summed E-state index contributed by atoms with van der Waals surface area (Å²) in [6, 6.07) is 72.5. The Morgan fingerprint density at radius 1 is 0.562 bits per heavy atom. The minimum atomic E-state index is -0.799. The van der Waals surface area contributed by atoms with Crippen LogP contribution in [0.25, 0.3) is 62.0 Å². The normalized spacial score (nSPS) is 13.8. The predicted octanol–water partition coefficient (Wildman–Crippen LogP) is 13.8. The van der Waals surface area contributed by atoms with Crippen LogP contribution in [0.1, 0.15) is 33.4 Å². The van der Waals surface area contributed by atoms with Crippen LogP contribution in [-0.2, 0) is 26.5 Å². The number of para-hydroxylation sites is 2. The third-order valence-electron chi connectivity index (χ3n) is 13.1. The Kier molecular flexibility index (Phi) is 8.86. The molecule has 0 atom stereocenters. The van der Waals surface area contributed by atoms with Crippen molar-refractivity contribution in [2.45, 2.75) is 5.41 Å². The van der Waals surface area contributed by atoms with Crippen molar-refractivity contribution in [1.29, 1.82) is 0 Å². The fraction of sp³-hybridized carbons (Fsp3) is 0.0345. The van der Waals surface area contributed by atoms with E-state index in [0.29, 0.717) is 11.5 Å². The van der Waals surface area contributed by atoms with Gasteiger partial charge in [0.2, 0.25) is 0 Å². The second-order valence-electron chi connectivity index (χ2n) is 16.4. The maximum Gasteiger partial charge on any atom is 0.135 e. The van der Waals surface area contributed by atoms with Gasteiger partial charge < -0.3 is 19.1 Å². The third-order valence-corrected chi connectivity index (χ3v) is 13.1. The van der Waals surface area contributed by atoms with Gasteiger partial charge in [-0.25, -0.2) is 4.98 Å². The molecule has 0 N–H and O–H groups in total. The van der Waals surface area contributed by atoms with Crippen LogP contribution in [0.3, 0.4) is 0 Å². The van der Waals surface area contributed by atoms with Gasteiger partial charge in [0.15, 0.2) is 0 Å². The smallest absolute Gasteiger partial charge is 0.135 e. The van der Waals surface area contributed by atoms with Gasteiger partial charge in [-0.2, -0.15) is 18.8 Å². The van der Waals surface area contributed by atoms with Crippen LogP contribution in [0.4, 0.5) is 17.1 Å². The zero-order valence-corrected chi connectivity index (χ0v) is 36.9.